The number of benzene rings is 2. The van der Waals surface area contributed by atoms with E-state index >= 15 is 0 Å². The van der Waals surface area contributed by atoms with Crippen LogP contribution in [0.25, 0.3) is 0 Å². The van der Waals surface area contributed by atoms with E-state index in [2.05, 4.69) is 6.08 Å². The second-order valence-corrected chi connectivity index (χ2v) is 9.74. The number of likely N-dealkylation sites (N-methyl/N-ethyl adjacent to an activating group) is 1. The van der Waals surface area contributed by atoms with E-state index in [1.807, 2.05) is 75.0 Å². The van der Waals surface area contributed by atoms with Crippen molar-refractivity contribution in [1.82, 2.24) is 14.7 Å². The molecule has 0 radical (unpaired) electrons. The second-order valence-electron chi connectivity index (χ2n) is 9.30. The van der Waals surface area contributed by atoms with Crippen LogP contribution in [0, 0.1) is 0 Å². The number of likely N-dealkylation sites (tertiary alicyclic amines) is 1. The van der Waals surface area contributed by atoms with E-state index in [9.17, 15) is 9.59 Å². The third-order valence-electron chi connectivity index (χ3n) is 7.67. The zero-order chi connectivity index (χ0) is 25.4. The van der Waals surface area contributed by atoms with Gasteiger partial charge in [-0.05, 0) is 56.0 Å². The molecule has 1 spiro atoms. The van der Waals surface area contributed by atoms with Gasteiger partial charge in [0.15, 0.2) is 23.0 Å². The minimum atomic E-state index is -0.421. The molecule has 8 nitrogen and oxygen atoms in total. The van der Waals surface area contributed by atoms with Gasteiger partial charge in [0.25, 0.3) is 5.91 Å². The van der Waals surface area contributed by atoms with Gasteiger partial charge in [0.1, 0.15) is 17.2 Å². The lowest BCUT2D eigenvalue weighted by molar-refractivity contribution is 0.0575. The standard InChI is InChI=1S/C27H30IN3O5/c1-4-31-26(33)30-17-19-15-21(34-2)16-23(35-3)22(19)8-9-24(30)27(31)10-12-29(13-11-27)25(32)18-6-5-7-20(14-18)36-28/h5-7,9,14-16H,4,8,10-13,17H2,1-3H3. The van der Waals surface area contributed by atoms with E-state index in [-0.39, 0.29) is 11.9 Å². The minimum absolute atomic E-state index is 0.0107. The first-order valence-electron chi connectivity index (χ1n) is 12.2. The zero-order valence-corrected chi connectivity index (χ0v) is 22.9. The van der Waals surface area contributed by atoms with Gasteiger partial charge in [0, 0.05) is 42.5 Å². The third-order valence-corrected chi connectivity index (χ3v) is 8.18. The lowest BCUT2D eigenvalue weighted by atomic mass is 9.83. The number of halogens is 1. The number of piperidine rings is 1. The molecule has 2 saturated heterocycles. The predicted octanol–water partition coefficient (Wildman–Crippen LogP) is 4.81. The van der Waals surface area contributed by atoms with Crippen LogP contribution in [0.15, 0.2) is 48.2 Å². The number of allylic oxidation sites excluding steroid dienone is 1. The van der Waals surface area contributed by atoms with Crippen LogP contribution in [0.2, 0.25) is 0 Å². The Balaban J connectivity index is 1.43. The van der Waals surface area contributed by atoms with Crippen molar-refractivity contribution in [3.63, 3.8) is 0 Å². The van der Waals surface area contributed by atoms with Gasteiger partial charge in [-0.1, -0.05) is 12.1 Å². The Kier molecular flexibility index (Phi) is 6.76. The van der Waals surface area contributed by atoms with Crippen molar-refractivity contribution in [3.8, 4) is 17.2 Å². The molecule has 2 aromatic rings. The van der Waals surface area contributed by atoms with Crippen molar-refractivity contribution in [2.24, 2.45) is 0 Å². The Bertz CT molecular complexity index is 1220. The average molecular weight is 603 g/mol. The Hall–Kier alpha value is -2.95. The lowest BCUT2D eigenvalue weighted by Crippen LogP contribution is -2.54. The Morgan fingerprint density at radius 2 is 1.86 bits per heavy atom. The van der Waals surface area contributed by atoms with E-state index in [0.717, 1.165) is 22.6 Å². The molecular weight excluding hydrogens is 573 g/mol. The summed E-state index contributed by atoms with van der Waals surface area (Å²) in [5.74, 6) is 2.13. The maximum Gasteiger partial charge on any atom is 0.325 e. The number of carbonyl (C=O) groups is 2. The van der Waals surface area contributed by atoms with Crippen molar-refractivity contribution < 1.29 is 22.1 Å². The van der Waals surface area contributed by atoms with E-state index in [1.54, 1.807) is 20.3 Å². The topological polar surface area (TPSA) is 71.6 Å². The van der Waals surface area contributed by atoms with Gasteiger partial charge in [-0.2, -0.15) is 0 Å². The normalized spacial score (nSPS) is 18.4. The van der Waals surface area contributed by atoms with Crippen molar-refractivity contribution >= 4 is 34.9 Å². The smallest absolute Gasteiger partial charge is 0.325 e. The maximum atomic E-state index is 13.7. The fraction of sp³-hybridized carbons (Fsp3) is 0.407. The van der Waals surface area contributed by atoms with Crippen LogP contribution in [0.4, 0.5) is 4.79 Å². The summed E-state index contributed by atoms with van der Waals surface area (Å²) in [5, 5.41) is 0. The van der Waals surface area contributed by atoms with Gasteiger partial charge >= 0.3 is 6.03 Å². The van der Waals surface area contributed by atoms with E-state index in [1.165, 1.54) is 0 Å². The number of urea groups is 1. The second kappa shape index (κ2) is 9.84. The van der Waals surface area contributed by atoms with Crippen LogP contribution in [0.5, 0.6) is 17.2 Å². The number of carbonyl (C=O) groups excluding carboxylic acids is 2. The van der Waals surface area contributed by atoms with Crippen LogP contribution >= 0.6 is 23.0 Å². The summed E-state index contributed by atoms with van der Waals surface area (Å²) in [6, 6.07) is 11.2. The monoisotopic (exact) mass is 603 g/mol. The maximum absolute atomic E-state index is 13.7. The van der Waals surface area contributed by atoms with Crippen LogP contribution in [-0.2, 0) is 13.0 Å². The Labute approximate surface area is 225 Å². The molecule has 2 aromatic carbocycles. The highest BCUT2D eigenvalue weighted by Crippen LogP contribution is 2.47. The summed E-state index contributed by atoms with van der Waals surface area (Å²) in [5.41, 5.74) is 3.34. The van der Waals surface area contributed by atoms with E-state index in [4.69, 9.17) is 12.5 Å². The summed E-state index contributed by atoms with van der Waals surface area (Å²) in [6.07, 6.45) is 4.25. The predicted molar refractivity (Wildman–Crippen MR) is 144 cm³/mol. The third kappa shape index (κ3) is 3.97. The average Bonchev–Trinajstić information content (AvgIpc) is 3.03. The summed E-state index contributed by atoms with van der Waals surface area (Å²) in [4.78, 5) is 32.7. The number of hydrogen-bond donors (Lipinski definition) is 0. The zero-order valence-electron chi connectivity index (χ0n) is 20.8. The molecule has 2 fully saturated rings. The van der Waals surface area contributed by atoms with E-state index < -0.39 is 5.54 Å². The lowest BCUT2D eigenvalue weighted by Gasteiger charge is -2.44. The van der Waals surface area contributed by atoms with Crippen molar-refractivity contribution in [3.05, 3.63) is 64.9 Å². The van der Waals surface area contributed by atoms with Crippen molar-refractivity contribution in [2.45, 2.75) is 38.3 Å². The molecule has 0 saturated carbocycles. The number of amides is 3. The van der Waals surface area contributed by atoms with Gasteiger partial charge in [-0.25, -0.2) is 4.79 Å². The molecule has 3 heterocycles. The molecule has 0 N–H and O–H groups in total. The van der Waals surface area contributed by atoms with Crippen LogP contribution in [0.3, 0.4) is 0 Å². The van der Waals surface area contributed by atoms with Crippen LogP contribution < -0.4 is 12.5 Å². The number of ether oxygens (including phenoxy) is 2. The summed E-state index contributed by atoms with van der Waals surface area (Å²) >= 11 is 1.82. The highest BCUT2D eigenvalue weighted by atomic mass is 127. The Morgan fingerprint density at radius 3 is 2.53 bits per heavy atom. The minimum Gasteiger partial charge on any atom is -0.497 e. The molecule has 0 atom stereocenters. The first-order chi connectivity index (χ1) is 17.4. The quantitative estimate of drug-likeness (QED) is 0.460. The molecule has 3 aliphatic heterocycles. The SMILES string of the molecule is CCN1C(=O)N2Cc3cc(OC)cc(OC)c3CC=C2C12CCN(C(=O)c1cccc(OI)c1)CC2. The molecular formula is C27H30IN3O5. The molecule has 190 valence electrons. The van der Waals surface area contributed by atoms with Crippen molar-refractivity contribution in [2.75, 3.05) is 33.9 Å². The van der Waals surface area contributed by atoms with Gasteiger partial charge in [-0.15, -0.1) is 0 Å². The van der Waals surface area contributed by atoms with Gasteiger partial charge in [-0.3, -0.25) is 9.69 Å². The molecule has 0 bridgehead atoms. The number of nitrogens with zero attached hydrogens (tertiary/aromatic N) is 3. The number of rotatable bonds is 5. The fourth-order valence-corrected chi connectivity index (χ4v) is 6.17. The highest BCUT2D eigenvalue weighted by Gasteiger charge is 2.54. The molecule has 9 heteroatoms. The first kappa shape index (κ1) is 24.7. The summed E-state index contributed by atoms with van der Waals surface area (Å²) < 4.78 is 16.4. The largest absolute Gasteiger partial charge is 0.497 e. The van der Waals surface area contributed by atoms with Crippen LogP contribution in [-0.4, -0.2) is 66.0 Å². The number of methoxy groups -OCH3 is 2. The highest BCUT2D eigenvalue weighted by molar-refractivity contribution is 14.1. The molecule has 0 aliphatic carbocycles. The fourth-order valence-electron chi connectivity index (χ4n) is 5.89. The van der Waals surface area contributed by atoms with Gasteiger partial charge < -0.3 is 22.3 Å². The number of fused-ring (bicyclic) bond motifs is 3. The summed E-state index contributed by atoms with van der Waals surface area (Å²) in [6.45, 7) is 4.27. The molecule has 0 unspecified atom stereocenters. The molecule has 0 aromatic heterocycles. The molecule has 3 amide bonds. The Morgan fingerprint density at radius 1 is 1.08 bits per heavy atom. The first-order valence-corrected chi connectivity index (χ1v) is 13.0. The molecule has 36 heavy (non-hydrogen) atoms. The molecule has 3 aliphatic rings. The molecule has 5 rings (SSSR count). The van der Waals surface area contributed by atoms with Crippen molar-refractivity contribution in [1.29, 1.82) is 0 Å². The summed E-state index contributed by atoms with van der Waals surface area (Å²) in [7, 11) is 3.30. The van der Waals surface area contributed by atoms with Gasteiger partial charge in [0.2, 0.25) is 0 Å². The van der Waals surface area contributed by atoms with Crippen LogP contribution in [0.1, 0.15) is 41.3 Å². The van der Waals surface area contributed by atoms with Gasteiger partial charge in [0.05, 0.1) is 26.3 Å². The van der Waals surface area contributed by atoms with E-state index in [0.29, 0.717) is 62.5 Å². The number of hydrogen-bond acceptors (Lipinski definition) is 5.